The number of Topliss-reactive ketones (excluding diaryl/α,β-unsaturated/α-hetero) is 1. The molecule has 1 amide bonds. The third kappa shape index (κ3) is 4.47. The zero-order valence-electron chi connectivity index (χ0n) is 13.0. The lowest BCUT2D eigenvalue weighted by Crippen LogP contribution is -2.46. The van der Waals surface area contributed by atoms with Crippen LogP contribution < -0.4 is 5.84 Å². The molecule has 0 saturated carbocycles. The molecule has 1 aliphatic heterocycles. The van der Waals surface area contributed by atoms with E-state index in [4.69, 9.17) is 5.84 Å². The van der Waals surface area contributed by atoms with Crippen LogP contribution in [0.3, 0.4) is 0 Å². The number of carbonyl (C=O) groups excluding carboxylic acids is 2. The van der Waals surface area contributed by atoms with E-state index in [1.54, 1.807) is 12.1 Å². The second kappa shape index (κ2) is 6.91. The van der Waals surface area contributed by atoms with Crippen LogP contribution >= 0.6 is 11.3 Å². The normalized spacial score (nSPS) is 16.0. The summed E-state index contributed by atoms with van der Waals surface area (Å²) in [4.78, 5) is 27.9. The number of hydrogen-bond donors (Lipinski definition) is 1. The van der Waals surface area contributed by atoms with Crippen molar-refractivity contribution in [2.75, 3.05) is 25.9 Å². The molecule has 9 heteroatoms. The van der Waals surface area contributed by atoms with Gasteiger partial charge in [0, 0.05) is 23.5 Å². The summed E-state index contributed by atoms with van der Waals surface area (Å²) in [5.74, 6) is 4.57. The Morgan fingerprint density at radius 3 is 2.65 bits per heavy atom. The van der Waals surface area contributed by atoms with Crippen molar-refractivity contribution in [2.24, 2.45) is 5.84 Å². The highest BCUT2D eigenvalue weighted by atomic mass is 32.2. The van der Waals surface area contributed by atoms with E-state index >= 15 is 0 Å². The highest BCUT2D eigenvalue weighted by Gasteiger charge is 2.27. The Labute approximate surface area is 139 Å². The highest BCUT2D eigenvalue weighted by Crippen LogP contribution is 2.18. The van der Waals surface area contributed by atoms with Crippen molar-refractivity contribution in [3.8, 4) is 0 Å². The van der Waals surface area contributed by atoms with E-state index in [0.29, 0.717) is 23.4 Å². The lowest BCUT2D eigenvalue weighted by Gasteiger charge is -2.27. The van der Waals surface area contributed by atoms with E-state index in [1.165, 1.54) is 11.3 Å². The van der Waals surface area contributed by atoms with E-state index in [2.05, 4.69) is 0 Å². The predicted octanol–water partition coefficient (Wildman–Crippen LogP) is 0.533. The molecule has 0 atom stereocenters. The monoisotopic (exact) mass is 357 g/mol. The Hall–Kier alpha value is -1.55. The largest absolute Gasteiger partial charge is 0.292 e. The fraction of sp³-hybridized carbons (Fsp3) is 0.429. The molecule has 2 rings (SSSR count). The zero-order valence-corrected chi connectivity index (χ0v) is 14.6. The van der Waals surface area contributed by atoms with Gasteiger partial charge < -0.3 is 0 Å². The molecule has 0 saturated heterocycles. The summed E-state index contributed by atoms with van der Waals surface area (Å²) in [5.41, 5.74) is 0.291. The number of ketones is 1. The lowest BCUT2D eigenvalue weighted by molar-refractivity contribution is -0.123. The number of nitrogens with zero attached hydrogens (tertiary/aromatic N) is 2. The molecule has 0 spiro atoms. The molecule has 7 nitrogen and oxygen atoms in total. The maximum Gasteiger partial charge on any atom is 0.278 e. The fourth-order valence-electron chi connectivity index (χ4n) is 2.25. The van der Waals surface area contributed by atoms with Crippen molar-refractivity contribution in [3.63, 3.8) is 0 Å². The van der Waals surface area contributed by atoms with E-state index in [-0.39, 0.29) is 23.3 Å². The molecule has 0 aromatic carbocycles. The standard InChI is InChI=1S/C14H19N3O4S2/c1-10-5-6-13(22-10)12(18)9-16-7-3-4-11(8-16)14(19)17(15)23(2,20)21/h4-6H,3,7-9,15H2,1-2H3. The number of sulfonamides is 1. The Morgan fingerprint density at radius 2 is 2.09 bits per heavy atom. The molecule has 0 bridgehead atoms. The van der Waals surface area contributed by atoms with Crippen LogP contribution in [0.2, 0.25) is 0 Å². The number of hydrogen-bond acceptors (Lipinski definition) is 7. The molecule has 126 valence electrons. The summed E-state index contributed by atoms with van der Waals surface area (Å²) in [6.07, 6.45) is 3.10. The first-order valence-corrected chi connectivity index (χ1v) is 9.65. The SMILES string of the molecule is Cc1ccc(C(=O)CN2CCC=C(C(=O)N(N)S(C)(=O)=O)C2)s1. The number of rotatable bonds is 5. The van der Waals surface area contributed by atoms with Gasteiger partial charge in [0.1, 0.15) is 0 Å². The van der Waals surface area contributed by atoms with Gasteiger partial charge in [-0.05, 0) is 25.5 Å². The number of nitrogens with two attached hydrogens (primary N) is 1. The summed E-state index contributed by atoms with van der Waals surface area (Å²) in [6, 6.07) is 3.68. The van der Waals surface area contributed by atoms with Crippen molar-refractivity contribution in [1.29, 1.82) is 0 Å². The predicted molar refractivity (Wildman–Crippen MR) is 88.4 cm³/mol. The van der Waals surface area contributed by atoms with Crippen LogP contribution in [0, 0.1) is 6.92 Å². The Bertz CT molecular complexity index is 752. The van der Waals surface area contributed by atoms with Gasteiger partial charge in [-0.2, -0.15) is 4.41 Å². The number of thiophene rings is 1. The van der Waals surface area contributed by atoms with Gasteiger partial charge in [0.05, 0.1) is 17.7 Å². The molecule has 1 aromatic rings. The van der Waals surface area contributed by atoms with Gasteiger partial charge in [-0.25, -0.2) is 14.3 Å². The first-order valence-electron chi connectivity index (χ1n) is 6.99. The minimum Gasteiger partial charge on any atom is -0.292 e. The molecule has 1 aromatic heterocycles. The van der Waals surface area contributed by atoms with Crippen LogP contribution in [-0.4, -0.2) is 55.3 Å². The number of amides is 1. The molecule has 2 heterocycles. The van der Waals surface area contributed by atoms with Crippen LogP contribution in [0.5, 0.6) is 0 Å². The molecule has 23 heavy (non-hydrogen) atoms. The van der Waals surface area contributed by atoms with Crippen LogP contribution in [-0.2, 0) is 14.8 Å². The quantitative estimate of drug-likeness (QED) is 0.357. The van der Waals surface area contributed by atoms with Crippen LogP contribution in [0.1, 0.15) is 21.0 Å². The molecule has 0 radical (unpaired) electrons. The molecular weight excluding hydrogens is 338 g/mol. The van der Waals surface area contributed by atoms with Crippen LogP contribution in [0.15, 0.2) is 23.8 Å². The van der Waals surface area contributed by atoms with Crippen LogP contribution in [0.4, 0.5) is 0 Å². The smallest absolute Gasteiger partial charge is 0.278 e. The summed E-state index contributed by atoms with van der Waals surface area (Å²) < 4.78 is 22.9. The summed E-state index contributed by atoms with van der Waals surface area (Å²) in [6.45, 7) is 2.96. The maximum atomic E-state index is 12.2. The van der Waals surface area contributed by atoms with Crippen molar-refractivity contribution in [1.82, 2.24) is 9.31 Å². The highest BCUT2D eigenvalue weighted by molar-refractivity contribution is 7.88. The van der Waals surface area contributed by atoms with Gasteiger partial charge in [0.25, 0.3) is 5.91 Å². The van der Waals surface area contributed by atoms with Crippen molar-refractivity contribution >= 4 is 33.1 Å². The van der Waals surface area contributed by atoms with Gasteiger partial charge in [0.2, 0.25) is 10.0 Å². The molecule has 1 aliphatic rings. The fourth-order valence-corrected chi connectivity index (χ4v) is 3.47. The van der Waals surface area contributed by atoms with Crippen molar-refractivity contribution < 1.29 is 18.0 Å². The minimum atomic E-state index is -3.80. The van der Waals surface area contributed by atoms with Crippen molar-refractivity contribution in [3.05, 3.63) is 33.5 Å². The number of hydrazine groups is 1. The molecule has 0 fully saturated rings. The zero-order chi connectivity index (χ0) is 17.2. The third-order valence-corrected chi connectivity index (χ3v) is 5.37. The maximum absolute atomic E-state index is 12.2. The van der Waals surface area contributed by atoms with Gasteiger partial charge in [0.15, 0.2) is 5.78 Å². The summed E-state index contributed by atoms with van der Waals surface area (Å²) >= 11 is 1.43. The summed E-state index contributed by atoms with van der Waals surface area (Å²) in [7, 11) is -3.80. The molecular formula is C14H19N3O4S2. The summed E-state index contributed by atoms with van der Waals surface area (Å²) in [5, 5.41) is 0. The van der Waals surface area contributed by atoms with Crippen LogP contribution in [0.25, 0.3) is 0 Å². The first-order chi connectivity index (χ1) is 10.7. The lowest BCUT2D eigenvalue weighted by atomic mass is 10.1. The first kappa shape index (κ1) is 17.8. The van der Waals surface area contributed by atoms with Gasteiger partial charge >= 0.3 is 0 Å². The van der Waals surface area contributed by atoms with Crippen molar-refractivity contribution in [2.45, 2.75) is 13.3 Å². The van der Waals surface area contributed by atoms with E-state index in [0.717, 1.165) is 11.1 Å². The van der Waals surface area contributed by atoms with E-state index in [9.17, 15) is 18.0 Å². The Morgan fingerprint density at radius 1 is 1.39 bits per heavy atom. The molecule has 0 aliphatic carbocycles. The average Bonchev–Trinajstić information content (AvgIpc) is 2.91. The van der Waals surface area contributed by atoms with E-state index in [1.807, 2.05) is 17.9 Å². The second-order valence-corrected chi connectivity index (χ2v) is 8.57. The number of aryl methyl sites for hydroxylation is 1. The molecule has 0 unspecified atom stereocenters. The Balaban J connectivity index is 2.02. The van der Waals surface area contributed by atoms with Gasteiger partial charge in [-0.1, -0.05) is 6.08 Å². The average molecular weight is 357 g/mol. The Kier molecular flexibility index (Phi) is 5.35. The van der Waals surface area contributed by atoms with Gasteiger partial charge in [-0.3, -0.25) is 14.5 Å². The third-order valence-electron chi connectivity index (χ3n) is 3.44. The number of carbonyl (C=O) groups is 2. The molecule has 2 N–H and O–H groups in total. The van der Waals surface area contributed by atoms with Gasteiger partial charge in [-0.15, -0.1) is 11.3 Å². The topological polar surface area (TPSA) is 101 Å². The van der Waals surface area contributed by atoms with E-state index < -0.39 is 15.9 Å². The second-order valence-electron chi connectivity index (χ2n) is 5.43. The minimum absolute atomic E-state index is 0.00971.